The van der Waals surface area contributed by atoms with Crippen LogP contribution >= 0.6 is 0 Å². The fourth-order valence-corrected chi connectivity index (χ4v) is 1.60. The van der Waals surface area contributed by atoms with Gasteiger partial charge in [0.25, 0.3) is 5.91 Å². The van der Waals surface area contributed by atoms with E-state index in [0.29, 0.717) is 12.8 Å². The summed E-state index contributed by atoms with van der Waals surface area (Å²) in [6, 6.07) is 3.38. The number of hydrogen-bond acceptors (Lipinski definition) is 3. The summed E-state index contributed by atoms with van der Waals surface area (Å²) in [6.07, 6.45) is 1.02. The number of carbonyl (C=O) groups is 1. The van der Waals surface area contributed by atoms with Gasteiger partial charge in [-0.15, -0.1) is 0 Å². The van der Waals surface area contributed by atoms with Gasteiger partial charge < -0.3 is 15.5 Å². The van der Waals surface area contributed by atoms with E-state index in [4.69, 9.17) is 10.2 Å². The number of aliphatic hydroxyl groups excluding tert-OH is 1. The number of aliphatic hydroxyl groups is 1. The monoisotopic (exact) mass is 255 g/mol. The van der Waals surface area contributed by atoms with Crippen molar-refractivity contribution in [1.29, 1.82) is 0 Å². The first-order valence-corrected chi connectivity index (χ1v) is 5.84. The van der Waals surface area contributed by atoms with E-state index < -0.39 is 17.3 Å². The van der Waals surface area contributed by atoms with Gasteiger partial charge in [-0.2, -0.15) is 0 Å². The summed E-state index contributed by atoms with van der Waals surface area (Å²) in [7, 11) is 0. The minimum Gasteiger partial charge on any atom is -0.508 e. The largest absolute Gasteiger partial charge is 0.508 e. The molecule has 1 aromatic rings. The number of hydrogen-bond donors (Lipinski definition) is 3. The van der Waals surface area contributed by atoms with Crippen LogP contribution < -0.4 is 5.32 Å². The van der Waals surface area contributed by atoms with Gasteiger partial charge in [0.2, 0.25) is 0 Å². The topological polar surface area (TPSA) is 69.6 Å². The lowest BCUT2D eigenvalue weighted by Gasteiger charge is -2.29. The fourth-order valence-electron chi connectivity index (χ4n) is 1.60. The normalized spacial score (nSPS) is 14.0. The van der Waals surface area contributed by atoms with Crippen molar-refractivity contribution in [3.8, 4) is 5.75 Å². The zero-order valence-electron chi connectivity index (χ0n) is 10.5. The Morgan fingerprint density at radius 2 is 2.17 bits per heavy atom. The Bertz CT molecular complexity index is 436. The van der Waals surface area contributed by atoms with Crippen molar-refractivity contribution < 1.29 is 19.4 Å². The standard InChI is InChI=1S/C13H18FNO3/c1-3-13(2,6-7-16)15-12(18)10-5-4-9(17)8-11(10)14/h4-5,8,16-17H,3,6-7H2,1-2H3,(H,15,18). The second-order valence-electron chi connectivity index (χ2n) is 4.51. The molecule has 0 aliphatic rings. The van der Waals surface area contributed by atoms with Gasteiger partial charge >= 0.3 is 0 Å². The first-order chi connectivity index (χ1) is 8.41. The predicted molar refractivity (Wildman–Crippen MR) is 65.9 cm³/mol. The fraction of sp³-hybridized carbons (Fsp3) is 0.462. The minimum atomic E-state index is -0.769. The van der Waals surface area contributed by atoms with Crippen LogP contribution in [0.25, 0.3) is 0 Å². The van der Waals surface area contributed by atoms with Crippen LogP contribution in [0.4, 0.5) is 4.39 Å². The summed E-state index contributed by atoms with van der Waals surface area (Å²) in [5, 5.41) is 20.7. The summed E-state index contributed by atoms with van der Waals surface area (Å²) >= 11 is 0. The Morgan fingerprint density at radius 3 is 2.67 bits per heavy atom. The minimum absolute atomic E-state index is 0.0529. The second kappa shape index (κ2) is 5.82. The molecule has 1 atom stereocenters. The number of rotatable bonds is 5. The third-order valence-corrected chi connectivity index (χ3v) is 3.06. The predicted octanol–water partition coefficient (Wildman–Crippen LogP) is 1.81. The summed E-state index contributed by atoms with van der Waals surface area (Å²) in [5.74, 6) is -1.54. The molecule has 0 heterocycles. The Labute approximate surface area is 105 Å². The van der Waals surface area contributed by atoms with Crippen LogP contribution in [-0.2, 0) is 0 Å². The van der Waals surface area contributed by atoms with Crippen LogP contribution in [0.15, 0.2) is 18.2 Å². The van der Waals surface area contributed by atoms with Crippen LogP contribution in [0, 0.1) is 5.82 Å². The number of nitrogens with one attached hydrogen (secondary N) is 1. The zero-order chi connectivity index (χ0) is 13.8. The van der Waals surface area contributed by atoms with E-state index in [1.54, 1.807) is 6.92 Å². The van der Waals surface area contributed by atoms with E-state index in [1.165, 1.54) is 12.1 Å². The first-order valence-electron chi connectivity index (χ1n) is 5.84. The van der Waals surface area contributed by atoms with E-state index in [-0.39, 0.29) is 17.9 Å². The molecular weight excluding hydrogens is 237 g/mol. The van der Waals surface area contributed by atoms with E-state index >= 15 is 0 Å². The molecule has 18 heavy (non-hydrogen) atoms. The van der Waals surface area contributed by atoms with Crippen molar-refractivity contribution in [2.75, 3.05) is 6.61 Å². The Balaban J connectivity index is 2.87. The summed E-state index contributed by atoms with van der Waals surface area (Å²) < 4.78 is 13.5. The molecule has 1 amide bonds. The lowest BCUT2D eigenvalue weighted by atomic mass is 9.94. The highest BCUT2D eigenvalue weighted by molar-refractivity contribution is 5.95. The molecule has 0 bridgehead atoms. The average Bonchev–Trinajstić information content (AvgIpc) is 2.28. The van der Waals surface area contributed by atoms with Gasteiger partial charge in [-0.3, -0.25) is 4.79 Å². The molecule has 0 fully saturated rings. The molecule has 1 aromatic carbocycles. The zero-order valence-corrected chi connectivity index (χ0v) is 10.5. The molecular formula is C13H18FNO3. The number of carbonyl (C=O) groups excluding carboxylic acids is 1. The highest BCUT2D eigenvalue weighted by atomic mass is 19.1. The molecule has 100 valence electrons. The Kier molecular flexibility index (Phi) is 4.67. The molecule has 0 saturated heterocycles. The molecule has 4 nitrogen and oxygen atoms in total. The Morgan fingerprint density at radius 1 is 1.50 bits per heavy atom. The van der Waals surface area contributed by atoms with Crippen molar-refractivity contribution in [3.63, 3.8) is 0 Å². The molecule has 1 rings (SSSR count). The van der Waals surface area contributed by atoms with E-state index in [0.717, 1.165) is 6.07 Å². The van der Waals surface area contributed by atoms with Crippen LogP contribution in [0.2, 0.25) is 0 Å². The van der Waals surface area contributed by atoms with Gasteiger partial charge in [0, 0.05) is 18.2 Å². The molecule has 0 aliphatic carbocycles. The number of phenols is 1. The second-order valence-corrected chi connectivity index (χ2v) is 4.51. The van der Waals surface area contributed by atoms with Gasteiger partial charge in [-0.25, -0.2) is 4.39 Å². The number of phenolic OH excluding ortho intramolecular Hbond substituents is 1. The van der Waals surface area contributed by atoms with E-state index in [9.17, 15) is 9.18 Å². The van der Waals surface area contributed by atoms with Gasteiger partial charge in [-0.05, 0) is 31.9 Å². The van der Waals surface area contributed by atoms with Crippen LogP contribution in [-0.4, -0.2) is 28.3 Å². The highest BCUT2D eigenvalue weighted by Gasteiger charge is 2.25. The molecule has 0 saturated carbocycles. The van der Waals surface area contributed by atoms with Crippen molar-refractivity contribution >= 4 is 5.91 Å². The van der Waals surface area contributed by atoms with Gasteiger partial charge in [0.05, 0.1) is 5.56 Å². The summed E-state index contributed by atoms with van der Waals surface area (Å²) in [5.41, 5.74) is -0.693. The third kappa shape index (κ3) is 3.43. The third-order valence-electron chi connectivity index (χ3n) is 3.06. The molecule has 0 aromatic heterocycles. The Hall–Kier alpha value is -1.62. The van der Waals surface area contributed by atoms with Gasteiger partial charge in [0.15, 0.2) is 0 Å². The molecule has 1 unspecified atom stereocenters. The first kappa shape index (κ1) is 14.4. The quantitative estimate of drug-likeness (QED) is 0.751. The van der Waals surface area contributed by atoms with E-state index in [1.807, 2.05) is 6.92 Å². The average molecular weight is 255 g/mol. The molecule has 5 heteroatoms. The maximum Gasteiger partial charge on any atom is 0.254 e. The number of benzene rings is 1. The van der Waals surface area contributed by atoms with Crippen molar-refractivity contribution in [3.05, 3.63) is 29.6 Å². The van der Waals surface area contributed by atoms with Crippen molar-refractivity contribution in [2.45, 2.75) is 32.2 Å². The van der Waals surface area contributed by atoms with Gasteiger partial charge in [-0.1, -0.05) is 6.92 Å². The lowest BCUT2D eigenvalue weighted by molar-refractivity contribution is 0.0882. The van der Waals surface area contributed by atoms with Crippen LogP contribution in [0.5, 0.6) is 5.75 Å². The maximum atomic E-state index is 13.5. The number of halogens is 1. The van der Waals surface area contributed by atoms with Crippen molar-refractivity contribution in [2.24, 2.45) is 0 Å². The summed E-state index contributed by atoms with van der Waals surface area (Å²) in [6.45, 7) is 3.62. The SMILES string of the molecule is CCC(C)(CCO)NC(=O)c1ccc(O)cc1F. The molecule has 0 radical (unpaired) electrons. The highest BCUT2D eigenvalue weighted by Crippen LogP contribution is 2.18. The van der Waals surface area contributed by atoms with Crippen LogP contribution in [0.3, 0.4) is 0 Å². The van der Waals surface area contributed by atoms with Crippen LogP contribution in [0.1, 0.15) is 37.0 Å². The van der Waals surface area contributed by atoms with Crippen molar-refractivity contribution in [1.82, 2.24) is 5.32 Å². The number of aromatic hydroxyl groups is 1. The lowest BCUT2D eigenvalue weighted by Crippen LogP contribution is -2.46. The smallest absolute Gasteiger partial charge is 0.254 e. The molecule has 0 aliphatic heterocycles. The molecule has 3 N–H and O–H groups in total. The van der Waals surface area contributed by atoms with Gasteiger partial charge in [0.1, 0.15) is 11.6 Å². The molecule has 0 spiro atoms. The van der Waals surface area contributed by atoms with E-state index in [2.05, 4.69) is 5.32 Å². The number of amides is 1. The maximum absolute atomic E-state index is 13.5. The summed E-state index contributed by atoms with van der Waals surface area (Å²) in [4.78, 5) is 11.9.